The van der Waals surface area contributed by atoms with E-state index in [2.05, 4.69) is 55.7 Å². The maximum Gasteiger partial charge on any atom is 0.173 e. The van der Waals surface area contributed by atoms with E-state index >= 15 is 0 Å². The summed E-state index contributed by atoms with van der Waals surface area (Å²) in [6.45, 7) is 6.09. The van der Waals surface area contributed by atoms with Crippen LogP contribution in [-0.2, 0) is 17.8 Å². The Morgan fingerprint density at radius 2 is 1.78 bits per heavy atom. The van der Waals surface area contributed by atoms with Gasteiger partial charge in [0.05, 0.1) is 18.7 Å². The Kier molecular flexibility index (Phi) is 6.52. The van der Waals surface area contributed by atoms with Gasteiger partial charge in [-0.1, -0.05) is 42.5 Å². The van der Waals surface area contributed by atoms with Crippen LogP contribution in [0.2, 0.25) is 0 Å². The Labute approximate surface area is 187 Å². The molecular weight excluding hydrogens is 407 g/mol. The van der Waals surface area contributed by atoms with Crippen LogP contribution in [0.15, 0.2) is 54.6 Å². The highest BCUT2D eigenvalue weighted by Gasteiger charge is 2.31. The average Bonchev–Trinajstić information content (AvgIpc) is 3.50. The third-order valence-electron chi connectivity index (χ3n) is 6.41. The van der Waals surface area contributed by atoms with E-state index in [1.165, 1.54) is 17.7 Å². The summed E-state index contributed by atoms with van der Waals surface area (Å²) in [5.41, 5.74) is 2.34. The normalized spacial score (nSPS) is 21.1. The molecule has 0 spiro atoms. The van der Waals surface area contributed by atoms with Crippen molar-refractivity contribution in [1.82, 2.24) is 30.0 Å². The summed E-state index contributed by atoms with van der Waals surface area (Å²) in [7, 11) is 0. The van der Waals surface area contributed by atoms with E-state index in [1.54, 1.807) is 0 Å². The van der Waals surface area contributed by atoms with Crippen LogP contribution in [0.4, 0.5) is 4.39 Å². The number of hydrogen-bond donors (Lipinski definition) is 0. The summed E-state index contributed by atoms with van der Waals surface area (Å²) in [4.78, 5) is 4.88. The highest BCUT2D eigenvalue weighted by Crippen LogP contribution is 2.29. The van der Waals surface area contributed by atoms with Gasteiger partial charge in [-0.2, -0.15) is 0 Å². The fraction of sp³-hybridized carbons (Fsp3) is 0.458. The second kappa shape index (κ2) is 9.85. The molecule has 2 atom stereocenters. The summed E-state index contributed by atoms with van der Waals surface area (Å²) in [6.07, 6.45) is 2.25. The Balaban J connectivity index is 1.35. The predicted octanol–water partition coefficient (Wildman–Crippen LogP) is 2.90. The zero-order valence-electron chi connectivity index (χ0n) is 18.2. The van der Waals surface area contributed by atoms with Crippen LogP contribution in [0.5, 0.6) is 0 Å². The molecule has 7 nitrogen and oxygen atoms in total. The van der Waals surface area contributed by atoms with E-state index in [0.29, 0.717) is 6.54 Å². The first kappa shape index (κ1) is 21.2. The Morgan fingerprint density at radius 1 is 1.00 bits per heavy atom. The SMILES string of the molecule is Fc1ccc([C@@H](c2nnnn2C[C@@H]2CCCO2)N2CCN(Cc3ccccc3)CC2)cc1. The molecule has 0 unspecified atom stereocenters. The number of halogens is 1. The fourth-order valence-corrected chi connectivity index (χ4v) is 4.71. The quantitative estimate of drug-likeness (QED) is 0.568. The first-order valence-corrected chi connectivity index (χ1v) is 11.4. The van der Waals surface area contributed by atoms with E-state index in [4.69, 9.17) is 4.74 Å². The Morgan fingerprint density at radius 3 is 2.50 bits per heavy atom. The second-order valence-corrected chi connectivity index (χ2v) is 8.61. The van der Waals surface area contributed by atoms with Crippen molar-refractivity contribution in [2.45, 2.75) is 38.1 Å². The zero-order chi connectivity index (χ0) is 21.8. The third kappa shape index (κ3) is 4.87. The van der Waals surface area contributed by atoms with Crippen LogP contribution >= 0.6 is 0 Å². The van der Waals surface area contributed by atoms with Crippen molar-refractivity contribution in [1.29, 1.82) is 0 Å². The van der Waals surface area contributed by atoms with Crippen LogP contribution in [-0.4, -0.2) is 68.9 Å². The van der Waals surface area contributed by atoms with Gasteiger partial charge in [0.25, 0.3) is 0 Å². The lowest BCUT2D eigenvalue weighted by Crippen LogP contribution is -2.48. The molecule has 1 aromatic heterocycles. The maximum absolute atomic E-state index is 13.7. The number of benzene rings is 2. The van der Waals surface area contributed by atoms with E-state index in [9.17, 15) is 4.39 Å². The van der Waals surface area contributed by atoms with E-state index < -0.39 is 0 Å². The van der Waals surface area contributed by atoms with Gasteiger partial charge in [0.15, 0.2) is 5.82 Å². The molecule has 0 bridgehead atoms. The van der Waals surface area contributed by atoms with Crippen LogP contribution < -0.4 is 0 Å². The van der Waals surface area contributed by atoms with Gasteiger partial charge >= 0.3 is 0 Å². The molecule has 0 amide bonds. The monoisotopic (exact) mass is 436 g/mol. The van der Waals surface area contributed by atoms with Crippen molar-refractivity contribution in [2.75, 3.05) is 32.8 Å². The minimum atomic E-state index is -0.237. The molecule has 0 N–H and O–H groups in total. The number of ether oxygens (including phenoxy) is 1. The summed E-state index contributed by atoms with van der Waals surface area (Å²) in [5, 5.41) is 12.7. The molecule has 168 valence electrons. The van der Waals surface area contributed by atoms with Gasteiger partial charge in [-0.15, -0.1) is 5.10 Å². The fourth-order valence-electron chi connectivity index (χ4n) is 4.71. The molecule has 3 heterocycles. The number of piperazine rings is 1. The minimum absolute atomic E-state index is 0.120. The molecule has 0 radical (unpaired) electrons. The van der Waals surface area contributed by atoms with Crippen LogP contribution in [0, 0.1) is 5.82 Å². The van der Waals surface area contributed by atoms with Crippen LogP contribution in [0.1, 0.15) is 35.8 Å². The van der Waals surface area contributed by atoms with Crippen molar-refractivity contribution in [2.24, 2.45) is 0 Å². The highest BCUT2D eigenvalue weighted by molar-refractivity contribution is 5.25. The third-order valence-corrected chi connectivity index (χ3v) is 6.41. The van der Waals surface area contributed by atoms with Crippen molar-refractivity contribution >= 4 is 0 Å². The van der Waals surface area contributed by atoms with E-state index in [1.807, 2.05) is 16.8 Å². The molecule has 0 saturated carbocycles. The van der Waals surface area contributed by atoms with Gasteiger partial charge in [0, 0.05) is 39.3 Å². The van der Waals surface area contributed by atoms with Crippen LogP contribution in [0.25, 0.3) is 0 Å². The molecule has 5 rings (SSSR count). The van der Waals surface area contributed by atoms with E-state index in [-0.39, 0.29) is 18.0 Å². The Bertz CT molecular complexity index is 981. The van der Waals surface area contributed by atoms with Crippen molar-refractivity contribution < 1.29 is 9.13 Å². The topological polar surface area (TPSA) is 59.3 Å². The molecule has 32 heavy (non-hydrogen) atoms. The first-order valence-electron chi connectivity index (χ1n) is 11.4. The van der Waals surface area contributed by atoms with Gasteiger partial charge in [-0.3, -0.25) is 9.80 Å². The molecule has 3 aromatic rings. The number of aromatic nitrogens is 4. The lowest BCUT2D eigenvalue weighted by Gasteiger charge is -2.39. The number of hydrogen-bond acceptors (Lipinski definition) is 6. The van der Waals surface area contributed by atoms with Crippen LogP contribution in [0.3, 0.4) is 0 Å². The smallest absolute Gasteiger partial charge is 0.173 e. The maximum atomic E-state index is 13.7. The first-order chi connectivity index (χ1) is 15.8. The molecule has 0 aliphatic carbocycles. The molecule has 2 aliphatic heterocycles. The minimum Gasteiger partial charge on any atom is -0.376 e. The number of rotatable bonds is 7. The molecule has 2 fully saturated rings. The van der Waals surface area contributed by atoms with Gasteiger partial charge in [0.2, 0.25) is 0 Å². The summed E-state index contributed by atoms with van der Waals surface area (Å²) >= 11 is 0. The zero-order valence-corrected chi connectivity index (χ0v) is 18.2. The molecule has 2 saturated heterocycles. The number of tetrazole rings is 1. The summed E-state index contributed by atoms with van der Waals surface area (Å²) < 4.78 is 21.3. The lowest BCUT2D eigenvalue weighted by molar-refractivity contribution is 0.0841. The number of nitrogens with zero attached hydrogens (tertiary/aromatic N) is 6. The highest BCUT2D eigenvalue weighted by atomic mass is 19.1. The molecular formula is C24H29FN6O. The summed E-state index contributed by atoms with van der Waals surface area (Å²) in [5.74, 6) is 0.558. The molecule has 2 aliphatic rings. The summed E-state index contributed by atoms with van der Waals surface area (Å²) in [6, 6.07) is 17.2. The van der Waals surface area contributed by atoms with Crippen molar-refractivity contribution in [3.8, 4) is 0 Å². The van der Waals surface area contributed by atoms with Crippen molar-refractivity contribution in [3.05, 3.63) is 77.4 Å². The molecule has 8 heteroatoms. The predicted molar refractivity (Wildman–Crippen MR) is 118 cm³/mol. The average molecular weight is 437 g/mol. The standard InChI is InChI=1S/C24H29FN6O/c25-21-10-8-20(9-11-21)23(24-26-27-28-31(24)18-22-7-4-16-32-22)30-14-12-29(13-15-30)17-19-5-2-1-3-6-19/h1-3,5-6,8-11,22-23H,4,7,12-18H2/t22-,23-/m0/s1. The van der Waals surface area contributed by atoms with Gasteiger partial charge in [-0.05, 0) is 46.5 Å². The second-order valence-electron chi connectivity index (χ2n) is 8.61. The Hall–Kier alpha value is -2.68. The van der Waals surface area contributed by atoms with Gasteiger partial charge in [-0.25, -0.2) is 9.07 Å². The van der Waals surface area contributed by atoms with Gasteiger partial charge in [0.1, 0.15) is 5.82 Å². The van der Waals surface area contributed by atoms with E-state index in [0.717, 1.165) is 63.6 Å². The largest absolute Gasteiger partial charge is 0.376 e. The van der Waals surface area contributed by atoms with Gasteiger partial charge < -0.3 is 4.74 Å². The molecule has 2 aromatic carbocycles. The van der Waals surface area contributed by atoms with Crippen molar-refractivity contribution in [3.63, 3.8) is 0 Å². The lowest BCUT2D eigenvalue weighted by atomic mass is 10.0.